The van der Waals surface area contributed by atoms with E-state index in [0.717, 1.165) is 24.8 Å². The van der Waals surface area contributed by atoms with Crippen LogP contribution in [-0.4, -0.2) is 5.11 Å². The van der Waals surface area contributed by atoms with Crippen molar-refractivity contribution in [2.45, 2.75) is 46.5 Å². The molecule has 14 heavy (non-hydrogen) atoms. The molecule has 0 atom stereocenters. The van der Waals surface area contributed by atoms with E-state index in [9.17, 15) is 5.11 Å². The first-order valence-corrected chi connectivity index (χ1v) is 5.57. The third kappa shape index (κ3) is 2.09. The van der Waals surface area contributed by atoms with Gasteiger partial charge in [0.15, 0.2) is 0 Å². The third-order valence-corrected chi connectivity index (χ3v) is 2.73. The molecule has 1 nitrogen and oxygen atoms in total. The highest BCUT2D eigenvalue weighted by molar-refractivity contribution is 5.44. The van der Waals surface area contributed by atoms with E-state index < -0.39 is 0 Å². The molecule has 0 heterocycles. The summed E-state index contributed by atoms with van der Waals surface area (Å²) in [4.78, 5) is 0. The molecule has 0 fully saturated rings. The predicted molar refractivity (Wildman–Crippen MR) is 60.9 cm³/mol. The van der Waals surface area contributed by atoms with E-state index >= 15 is 0 Å². The second kappa shape index (κ2) is 5.04. The molecule has 1 heteroatoms. The molecule has 0 aliphatic carbocycles. The highest BCUT2D eigenvalue weighted by atomic mass is 16.3. The Labute approximate surface area is 86.8 Å². The molecule has 1 aromatic carbocycles. The van der Waals surface area contributed by atoms with Gasteiger partial charge in [0.25, 0.3) is 0 Å². The smallest absolute Gasteiger partial charge is 0.119 e. The van der Waals surface area contributed by atoms with Crippen molar-refractivity contribution in [3.05, 3.63) is 28.8 Å². The fourth-order valence-corrected chi connectivity index (χ4v) is 2.07. The lowest BCUT2D eigenvalue weighted by Crippen LogP contribution is -1.98. The molecule has 0 amide bonds. The second-order valence-electron chi connectivity index (χ2n) is 3.66. The summed E-state index contributed by atoms with van der Waals surface area (Å²) in [6, 6.07) is 3.90. The summed E-state index contributed by atoms with van der Waals surface area (Å²) in [7, 11) is 0. The van der Waals surface area contributed by atoms with Crippen molar-refractivity contribution in [3.8, 4) is 5.75 Å². The zero-order chi connectivity index (χ0) is 10.6. The predicted octanol–water partition coefficient (Wildman–Crippen LogP) is 3.47. The van der Waals surface area contributed by atoms with Gasteiger partial charge in [-0.05, 0) is 42.0 Å². The van der Waals surface area contributed by atoms with Gasteiger partial charge >= 0.3 is 0 Å². The molecule has 0 radical (unpaired) electrons. The molecular formula is C13H20O. The minimum atomic E-state index is 0.462. The van der Waals surface area contributed by atoms with Crippen molar-refractivity contribution < 1.29 is 5.11 Å². The lowest BCUT2D eigenvalue weighted by molar-refractivity contribution is 0.467. The topological polar surface area (TPSA) is 20.2 Å². The van der Waals surface area contributed by atoms with Gasteiger partial charge in [0.05, 0.1) is 0 Å². The first-order chi connectivity index (χ1) is 6.74. The normalized spacial score (nSPS) is 10.5. The lowest BCUT2D eigenvalue weighted by atomic mass is 9.94. The molecule has 0 bridgehead atoms. The van der Waals surface area contributed by atoms with Gasteiger partial charge in [-0.15, -0.1) is 0 Å². The van der Waals surface area contributed by atoms with Crippen molar-refractivity contribution in [1.29, 1.82) is 0 Å². The van der Waals surface area contributed by atoms with Crippen molar-refractivity contribution in [3.63, 3.8) is 0 Å². The Bertz CT molecular complexity index is 302. The monoisotopic (exact) mass is 192 g/mol. The van der Waals surface area contributed by atoms with Crippen LogP contribution in [0.3, 0.4) is 0 Å². The van der Waals surface area contributed by atoms with Crippen molar-refractivity contribution in [1.82, 2.24) is 0 Å². The van der Waals surface area contributed by atoms with Gasteiger partial charge in [-0.25, -0.2) is 0 Å². The number of hydrogen-bond donors (Lipinski definition) is 1. The van der Waals surface area contributed by atoms with Gasteiger partial charge in [-0.3, -0.25) is 0 Å². The number of hydrogen-bond acceptors (Lipinski definition) is 1. The van der Waals surface area contributed by atoms with Crippen LogP contribution >= 0.6 is 0 Å². The van der Waals surface area contributed by atoms with E-state index in [4.69, 9.17) is 0 Å². The minimum Gasteiger partial charge on any atom is -0.508 e. The van der Waals surface area contributed by atoms with Crippen LogP contribution < -0.4 is 0 Å². The van der Waals surface area contributed by atoms with Crippen LogP contribution in [0.25, 0.3) is 0 Å². The van der Waals surface area contributed by atoms with E-state index in [-0.39, 0.29) is 0 Å². The standard InChI is InChI=1S/C13H20O/c1-4-7-10-8-9-13(14)12(6-3)11(10)5-2/h8-9,14H,4-7H2,1-3H3. The van der Waals surface area contributed by atoms with E-state index in [0.29, 0.717) is 5.75 Å². The molecule has 0 spiro atoms. The average Bonchev–Trinajstić information content (AvgIpc) is 2.20. The Balaban J connectivity index is 3.18. The molecule has 0 unspecified atom stereocenters. The summed E-state index contributed by atoms with van der Waals surface area (Å²) < 4.78 is 0. The number of phenols is 1. The Kier molecular flexibility index (Phi) is 3.99. The molecule has 78 valence electrons. The molecular weight excluding hydrogens is 172 g/mol. The molecule has 0 aromatic heterocycles. The molecule has 0 saturated heterocycles. The van der Waals surface area contributed by atoms with Crippen molar-refractivity contribution in [2.24, 2.45) is 0 Å². The maximum absolute atomic E-state index is 9.72. The highest BCUT2D eigenvalue weighted by Crippen LogP contribution is 2.26. The van der Waals surface area contributed by atoms with Crippen molar-refractivity contribution in [2.75, 3.05) is 0 Å². The van der Waals surface area contributed by atoms with Crippen LogP contribution in [0, 0.1) is 0 Å². The summed E-state index contributed by atoms with van der Waals surface area (Å²) in [5.41, 5.74) is 3.90. The van der Waals surface area contributed by atoms with Gasteiger partial charge < -0.3 is 5.11 Å². The maximum Gasteiger partial charge on any atom is 0.119 e. The lowest BCUT2D eigenvalue weighted by Gasteiger charge is -2.13. The SMILES string of the molecule is CCCc1ccc(O)c(CC)c1CC. The first kappa shape index (κ1) is 11.1. The fourth-order valence-electron chi connectivity index (χ4n) is 2.07. The van der Waals surface area contributed by atoms with Crippen LogP contribution in [0.2, 0.25) is 0 Å². The Morgan fingerprint density at radius 3 is 2.14 bits per heavy atom. The van der Waals surface area contributed by atoms with Crippen LogP contribution in [0.1, 0.15) is 43.9 Å². The number of benzene rings is 1. The summed E-state index contributed by atoms with van der Waals surface area (Å²) >= 11 is 0. The summed E-state index contributed by atoms with van der Waals surface area (Å²) in [6.45, 7) is 6.45. The number of rotatable bonds is 4. The van der Waals surface area contributed by atoms with Crippen molar-refractivity contribution >= 4 is 0 Å². The Morgan fingerprint density at radius 1 is 1.00 bits per heavy atom. The van der Waals surface area contributed by atoms with E-state index in [1.54, 1.807) is 0 Å². The van der Waals surface area contributed by atoms with E-state index in [1.807, 2.05) is 6.07 Å². The zero-order valence-electron chi connectivity index (χ0n) is 9.43. The van der Waals surface area contributed by atoms with Crippen LogP contribution in [0.5, 0.6) is 5.75 Å². The van der Waals surface area contributed by atoms with Gasteiger partial charge in [-0.2, -0.15) is 0 Å². The molecule has 1 N–H and O–H groups in total. The highest BCUT2D eigenvalue weighted by Gasteiger charge is 2.08. The summed E-state index contributed by atoms with van der Waals surface area (Å²) in [6.07, 6.45) is 4.23. The minimum absolute atomic E-state index is 0.462. The largest absolute Gasteiger partial charge is 0.508 e. The van der Waals surface area contributed by atoms with Gasteiger partial charge in [-0.1, -0.05) is 33.3 Å². The van der Waals surface area contributed by atoms with Gasteiger partial charge in [0.2, 0.25) is 0 Å². The average molecular weight is 192 g/mol. The number of phenolic OH excluding ortho intramolecular Hbond substituents is 1. The Morgan fingerprint density at radius 2 is 1.64 bits per heavy atom. The fraction of sp³-hybridized carbons (Fsp3) is 0.538. The van der Waals surface area contributed by atoms with E-state index in [2.05, 4.69) is 26.8 Å². The molecule has 0 aliphatic rings. The number of aryl methyl sites for hydroxylation is 1. The summed E-state index contributed by atoms with van der Waals surface area (Å²) in [5.74, 6) is 0.462. The van der Waals surface area contributed by atoms with Crippen LogP contribution in [0.15, 0.2) is 12.1 Å². The third-order valence-electron chi connectivity index (χ3n) is 2.73. The quantitative estimate of drug-likeness (QED) is 0.774. The van der Waals surface area contributed by atoms with Gasteiger partial charge in [0, 0.05) is 0 Å². The molecule has 1 aromatic rings. The summed E-state index contributed by atoms with van der Waals surface area (Å²) in [5, 5.41) is 9.72. The van der Waals surface area contributed by atoms with Crippen LogP contribution in [-0.2, 0) is 19.3 Å². The molecule has 1 rings (SSSR count). The van der Waals surface area contributed by atoms with Crippen LogP contribution in [0.4, 0.5) is 0 Å². The first-order valence-electron chi connectivity index (χ1n) is 5.57. The zero-order valence-corrected chi connectivity index (χ0v) is 9.43. The maximum atomic E-state index is 9.72. The molecule has 0 saturated carbocycles. The van der Waals surface area contributed by atoms with E-state index in [1.165, 1.54) is 17.5 Å². The van der Waals surface area contributed by atoms with Gasteiger partial charge in [0.1, 0.15) is 5.75 Å². The Hall–Kier alpha value is -0.980. The number of aromatic hydroxyl groups is 1. The molecule has 0 aliphatic heterocycles. The second-order valence-corrected chi connectivity index (χ2v) is 3.66.